The Morgan fingerprint density at radius 3 is 2.80 bits per heavy atom. The zero-order chi connectivity index (χ0) is 10.9. The molecule has 0 amide bonds. The topological polar surface area (TPSA) is 58.0 Å². The van der Waals surface area contributed by atoms with Crippen LogP contribution in [0.2, 0.25) is 0 Å². The molecule has 0 aliphatic heterocycles. The maximum Gasteiger partial charge on any atom is 0.108 e. The van der Waals surface area contributed by atoms with Crippen LogP contribution < -0.4 is 0 Å². The van der Waals surface area contributed by atoms with Gasteiger partial charge in [0, 0.05) is 4.91 Å². The highest BCUT2D eigenvalue weighted by atomic mass is 16.5. The van der Waals surface area contributed by atoms with Crippen molar-refractivity contribution in [1.29, 1.82) is 0 Å². The molecule has 0 heterocycles. The number of hydrogen-bond donors (Lipinski definition) is 0. The SMILES string of the molecule is C#CCO[C@@H](CN=[N+]=[N-])c1ccccc1. The Morgan fingerprint density at radius 2 is 2.20 bits per heavy atom. The first-order valence-electron chi connectivity index (χ1n) is 4.49. The second-order valence-corrected chi connectivity index (χ2v) is 2.83. The monoisotopic (exact) mass is 201 g/mol. The lowest BCUT2D eigenvalue weighted by Crippen LogP contribution is -2.07. The van der Waals surface area contributed by atoms with Crippen molar-refractivity contribution < 1.29 is 4.74 Å². The highest BCUT2D eigenvalue weighted by Crippen LogP contribution is 2.17. The van der Waals surface area contributed by atoms with Crippen molar-refractivity contribution in [2.45, 2.75) is 6.10 Å². The number of benzene rings is 1. The lowest BCUT2D eigenvalue weighted by atomic mass is 10.1. The van der Waals surface area contributed by atoms with Gasteiger partial charge in [-0.1, -0.05) is 41.4 Å². The van der Waals surface area contributed by atoms with Crippen LogP contribution in [-0.2, 0) is 4.74 Å². The third-order valence-electron chi connectivity index (χ3n) is 1.85. The van der Waals surface area contributed by atoms with Crippen molar-refractivity contribution in [2.24, 2.45) is 5.11 Å². The Labute approximate surface area is 88.5 Å². The van der Waals surface area contributed by atoms with Crippen molar-refractivity contribution >= 4 is 0 Å². The summed E-state index contributed by atoms with van der Waals surface area (Å²) in [4.78, 5) is 2.70. The number of terminal acetylenes is 1. The van der Waals surface area contributed by atoms with Gasteiger partial charge in [-0.25, -0.2) is 0 Å². The molecule has 0 aliphatic carbocycles. The van der Waals surface area contributed by atoms with E-state index in [0.29, 0.717) is 0 Å². The smallest absolute Gasteiger partial charge is 0.108 e. The molecule has 1 aromatic rings. The number of nitrogens with zero attached hydrogens (tertiary/aromatic N) is 3. The van der Waals surface area contributed by atoms with Crippen molar-refractivity contribution in [1.82, 2.24) is 0 Å². The molecule has 0 saturated carbocycles. The van der Waals surface area contributed by atoms with Crippen LogP contribution in [0.25, 0.3) is 10.4 Å². The Hall–Kier alpha value is -1.95. The first kappa shape index (κ1) is 11.1. The summed E-state index contributed by atoms with van der Waals surface area (Å²) in [5.41, 5.74) is 9.21. The van der Waals surface area contributed by atoms with E-state index in [2.05, 4.69) is 15.9 Å². The fourth-order valence-electron chi connectivity index (χ4n) is 1.18. The van der Waals surface area contributed by atoms with Gasteiger partial charge in [0.2, 0.25) is 0 Å². The molecule has 15 heavy (non-hydrogen) atoms. The van der Waals surface area contributed by atoms with Crippen LogP contribution in [0.15, 0.2) is 35.4 Å². The van der Waals surface area contributed by atoms with E-state index in [4.69, 9.17) is 16.7 Å². The van der Waals surface area contributed by atoms with Gasteiger partial charge in [0.15, 0.2) is 0 Å². The summed E-state index contributed by atoms with van der Waals surface area (Å²) in [6.07, 6.45) is 4.84. The number of rotatable bonds is 5. The summed E-state index contributed by atoms with van der Waals surface area (Å²) >= 11 is 0. The lowest BCUT2D eigenvalue weighted by molar-refractivity contribution is 0.0846. The maximum absolute atomic E-state index is 8.25. The Morgan fingerprint density at radius 1 is 1.47 bits per heavy atom. The van der Waals surface area contributed by atoms with Gasteiger partial charge >= 0.3 is 0 Å². The minimum atomic E-state index is -0.266. The third kappa shape index (κ3) is 3.74. The molecule has 0 unspecified atom stereocenters. The van der Waals surface area contributed by atoms with E-state index in [1.807, 2.05) is 30.3 Å². The van der Waals surface area contributed by atoms with Gasteiger partial charge in [0.25, 0.3) is 0 Å². The summed E-state index contributed by atoms with van der Waals surface area (Å²) in [7, 11) is 0. The highest BCUT2D eigenvalue weighted by Gasteiger charge is 2.09. The van der Waals surface area contributed by atoms with Gasteiger partial charge in [0.05, 0.1) is 12.6 Å². The first-order valence-corrected chi connectivity index (χ1v) is 4.49. The number of hydrogen-bond acceptors (Lipinski definition) is 2. The van der Waals surface area contributed by atoms with Crippen LogP contribution in [0.4, 0.5) is 0 Å². The van der Waals surface area contributed by atoms with E-state index in [1.165, 1.54) is 0 Å². The lowest BCUT2D eigenvalue weighted by Gasteiger charge is -2.14. The minimum absolute atomic E-state index is 0.209. The molecule has 1 rings (SSSR count). The average Bonchev–Trinajstić information content (AvgIpc) is 2.30. The molecular weight excluding hydrogens is 190 g/mol. The summed E-state index contributed by atoms with van der Waals surface area (Å²) in [5, 5.41) is 3.49. The maximum atomic E-state index is 8.25. The van der Waals surface area contributed by atoms with E-state index in [9.17, 15) is 0 Å². The normalized spacial score (nSPS) is 11.1. The fourth-order valence-corrected chi connectivity index (χ4v) is 1.18. The predicted molar refractivity (Wildman–Crippen MR) is 58.0 cm³/mol. The minimum Gasteiger partial charge on any atom is -0.361 e. The quantitative estimate of drug-likeness (QED) is 0.312. The zero-order valence-corrected chi connectivity index (χ0v) is 8.21. The van der Waals surface area contributed by atoms with Gasteiger partial charge in [-0.2, -0.15) is 0 Å². The summed E-state index contributed by atoms with van der Waals surface area (Å²) < 4.78 is 5.38. The molecule has 4 nitrogen and oxygen atoms in total. The second kappa shape index (κ2) is 6.50. The molecule has 0 saturated heterocycles. The fraction of sp³-hybridized carbons (Fsp3) is 0.273. The summed E-state index contributed by atoms with van der Waals surface area (Å²) in [6, 6.07) is 9.53. The van der Waals surface area contributed by atoms with Gasteiger partial charge in [0.1, 0.15) is 6.61 Å². The van der Waals surface area contributed by atoms with Gasteiger partial charge in [-0.15, -0.1) is 6.42 Å². The van der Waals surface area contributed by atoms with Gasteiger partial charge in [-0.05, 0) is 11.1 Å². The Bertz CT molecular complexity index is 377. The van der Waals surface area contributed by atoms with Crippen LogP contribution in [-0.4, -0.2) is 13.2 Å². The van der Waals surface area contributed by atoms with Crippen molar-refractivity contribution in [3.8, 4) is 12.3 Å². The third-order valence-corrected chi connectivity index (χ3v) is 1.85. The van der Waals surface area contributed by atoms with Crippen LogP contribution in [0.3, 0.4) is 0 Å². The highest BCUT2D eigenvalue weighted by molar-refractivity contribution is 5.18. The molecule has 1 atom stereocenters. The molecule has 4 heteroatoms. The van der Waals surface area contributed by atoms with E-state index in [1.54, 1.807) is 0 Å². The first-order chi connectivity index (χ1) is 7.38. The molecule has 0 spiro atoms. The standard InChI is InChI=1S/C11H11N3O/c1-2-8-15-11(9-13-14-12)10-6-4-3-5-7-10/h1,3-7,11H,8-9H2/t11-/m0/s1. The van der Waals surface area contributed by atoms with E-state index >= 15 is 0 Å². The van der Waals surface area contributed by atoms with E-state index in [0.717, 1.165) is 5.56 Å². The molecule has 76 valence electrons. The summed E-state index contributed by atoms with van der Waals surface area (Å²) in [6.45, 7) is 0.461. The van der Waals surface area contributed by atoms with Crippen molar-refractivity contribution in [2.75, 3.05) is 13.2 Å². The summed E-state index contributed by atoms with van der Waals surface area (Å²) in [5.74, 6) is 2.39. The number of ether oxygens (including phenoxy) is 1. The zero-order valence-electron chi connectivity index (χ0n) is 8.21. The van der Waals surface area contributed by atoms with Crippen molar-refractivity contribution in [3.05, 3.63) is 46.3 Å². The molecule has 0 aromatic heterocycles. The number of azide groups is 1. The van der Waals surface area contributed by atoms with E-state index < -0.39 is 0 Å². The van der Waals surface area contributed by atoms with Gasteiger partial charge < -0.3 is 4.74 Å². The van der Waals surface area contributed by atoms with Gasteiger partial charge in [-0.3, -0.25) is 0 Å². The molecule has 0 bridgehead atoms. The molecule has 0 aliphatic rings. The molecule has 1 aromatic carbocycles. The van der Waals surface area contributed by atoms with Crippen LogP contribution >= 0.6 is 0 Å². The Balaban J connectivity index is 2.72. The average molecular weight is 201 g/mol. The van der Waals surface area contributed by atoms with Crippen LogP contribution in [0.5, 0.6) is 0 Å². The van der Waals surface area contributed by atoms with Crippen molar-refractivity contribution in [3.63, 3.8) is 0 Å². The molecular formula is C11H11N3O. The molecule has 0 fully saturated rings. The predicted octanol–water partition coefficient (Wildman–Crippen LogP) is 2.69. The van der Waals surface area contributed by atoms with E-state index in [-0.39, 0.29) is 19.3 Å². The Kier molecular flexibility index (Phi) is 4.82. The van der Waals surface area contributed by atoms with Crippen LogP contribution in [0.1, 0.15) is 11.7 Å². The van der Waals surface area contributed by atoms with Crippen LogP contribution in [0, 0.1) is 12.3 Å². The molecule has 0 radical (unpaired) electrons. The largest absolute Gasteiger partial charge is 0.361 e. The second-order valence-electron chi connectivity index (χ2n) is 2.83. The molecule has 0 N–H and O–H groups in total.